The topological polar surface area (TPSA) is 176 Å². The van der Waals surface area contributed by atoms with Gasteiger partial charge in [-0.15, -0.1) is 0 Å². The van der Waals surface area contributed by atoms with E-state index in [0.29, 0.717) is 94.4 Å². The van der Waals surface area contributed by atoms with E-state index < -0.39 is 11.8 Å². The molecule has 83 heavy (non-hydrogen) atoms. The van der Waals surface area contributed by atoms with Crippen molar-refractivity contribution in [3.63, 3.8) is 0 Å². The first-order chi connectivity index (χ1) is 39.8. The number of alkyl halides is 4. The molecule has 438 valence electrons. The monoisotopic (exact) mass is 1140 g/mol. The Hall–Kier alpha value is -7.69. The van der Waals surface area contributed by atoms with Gasteiger partial charge in [0.2, 0.25) is 11.8 Å². The molecule has 10 rings (SSSR count). The molecule has 3 saturated heterocycles. The van der Waals surface area contributed by atoms with Gasteiger partial charge in [-0.25, -0.2) is 37.5 Å². The molecule has 0 spiro atoms. The zero-order valence-electron chi connectivity index (χ0n) is 47.8. The van der Waals surface area contributed by atoms with E-state index >= 15 is 0 Å². The van der Waals surface area contributed by atoms with E-state index in [9.17, 15) is 27.2 Å². The molecule has 3 aliphatic rings. The van der Waals surface area contributed by atoms with Crippen LogP contribution < -0.4 is 20.1 Å². The SMILES string of the molecule is CCN1CCN(Cc2ccc(CC(=O)c3ccc(C)c(Oc4cc(NC5COC5)ncn4)c3)cc2C(C)(F)F)CC1.CCN1CCN(Cc2ccc(CC(=O)c3ccc(C)c(Oc4cc(Nc5cnoc5)ncn4)c3)cc2C(C)(F)F)CC1. The summed E-state index contributed by atoms with van der Waals surface area (Å²) in [5.41, 5.74) is 5.35. The van der Waals surface area contributed by atoms with Crippen LogP contribution in [0.3, 0.4) is 0 Å². The van der Waals surface area contributed by atoms with Gasteiger partial charge in [0.25, 0.3) is 11.8 Å². The van der Waals surface area contributed by atoms with Gasteiger partial charge in [0.1, 0.15) is 47.7 Å². The molecule has 0 radical (unpaired) electrons. The lowest BCUT2D eigenvalue weighted by atomic mass is 9.95. The summed E-state index contributed by atoms with van der Waals surface area (Å²) in [5.74, 6) is -3.75. The molecular weight excluding hydrogens is 1070 g/mol. The van der Waals surface area contributed by atoms with Crippen molar-refractivity contribution in [1.29, 1.82) is 0 Å². The van der Waals surface area contributed by atoms with Crippen molar-refractivity contribution in [2.75, 3.05) is 89.3 Å². The quantitative estimate of drug-likeness (QED) is 0.0484. The van der Waals surface area contributed by atoms with E-state index in [1.54, 1.807) is 66.7 Å². The number of aryl methyl sites for hydroxylation is 2. The Morgan fingerprint density at radius 1 is 0.602 bits per heavy atom. The number of nitrogens with one attached hydrogen (secondary N) is 2. The number of likely N-dealkylation sites (N-methyl/N-ethyl adjacent to an activating group) is 2. The van der Waals surface area contributed by atoms with E-state index in [4.69, 9.17) is 18.7 Å². The van der Waals surface area contributed by atoms with Gasteiger partial charge in [-0.2, -0.15) is 0 Å². The van der Waals surface area contributed by atoms with Crippen LogP contribution in [-0.2, 0) is 42.5 Å². The summed E-state index contributed by atoms with van der Waals surface area (Å²) in [6.07, 6.45) is 5.71. The Kier molecular flexibility index (Phi) is 19.6. The number of hydrogen-bond acceptors (Lipinski definition) is 17. The summed E-state index contributed by atoms with van der Waals surface area (Å²) in [4.78, 5) is 52.4. The number of carbonyl (C=O) groups excluding carboxylic acids is 2. The Bertz CT molecular complexity index is 3320. The van der Waals surface area contributed by atoms with Crippen LogP contribution >= 0.6 is 0 Å². The summed E-state index contributed by atoms with van der Waals surface area (Å²) < 4.78 is 80.8. The number of carbonyl (C=O) groups is 2. The number of anilines is 3. The van der Waals surface area contributed by atoms with Gasteiger partial charge in [0, 0.05) is 127 Å². The molecule has 3 aliphatic heterocycles. The van der Waals surface area contributed by atoms with Gasteiger partial charge < -0.3 is 39.2 Å². The molecule has 4 aromatic carbocycles. The minimum Gasteiger partial charge on any atom is -0.439 e. The number of benzene rings is 4. The number of hydrogen-bond donors (Lipinski definition) is 2. The molecule has 17 nitrogen and oxygen atoms in total. The van der Waals surface area contributed by atoms with Gasteiger partial charge in [-0.05, 0) is 84.6 Å². The number of Topliss-reactive ketones (excluding diaryl/α,β-unsaturated/α-hetero) is 2. The Labute approximate surface area is 481 Å². The van der Waals surface area contributed by atoms with Crippen LogP contribution in [0.15, 0.2) is 115 Å². The van der Waals surface area contributed by atoms with Crippen LogP contribution in [-0.4, -0.2) is 141 Å². The molecule has 0 bridgehead atoms. The largest absolute Gasteiger partial charge is 0.439 e. The molecule has 2 N–H and O–H groups in total. The summed E-state index contributed by atoms with van der Waals surface area (Å²) in [6.45, 7) is 21.1. The summed E-state index contributed by atoms with van der Waals surface area (Å²) in [5, 5.41) is 9.92. The summed E-state index contributed by atoms with van der Waals surface area (Å²) in [6, 6.07) is 23.9. The fourth-order valence-electron chi connectivity index (χ4n) is 10.0. The average Bonchev–Trinajstić information content (AvgIpc) is 4.14. The molecular formula is C62H71F4N11O6. The zero-order chi connectivity index (χ0) is 58.7. The highest BCUT2D eigenvalue weighted by Gasteiger charge is 2.31. The maximum Gasteiger partial charge on any atom is 0.270 e. The van der Waals surface area contributed by atoms with Crippen molar-refractivity contribution < 1.29 is 45.9 Å². The molecule has 3 fully saturated rings. The molecule has 3 aromatic heterocycles. The molecule has 0 atom stereocenters. The highest BCUT2D eigenvalue weighted by Crippen LogP contribution is 2.35. The van der Waals surface area contributed by atoms with Gasteiger partial charge in [-0.3, -0.25) is 19.4 Å². The second kappa shape index (κ2) is 27.1. The Morgan fingerprint density at radius 2 is 1.06 bits per heavy atom. The number of halogens is 4. The van der Waals surface area contributed by atoms with Crippen LogP contribution in [0, 0.1) is 13.8 Å². The summed E-state index contributed by atoms with van der Waals surface area (Å²) >= 11 is 0. The van der Waals surface area contributed by atoms with Crippen molar-refractivity contribution in [2.24, 2.45) is 0 Å². The lowest BCUT2D eigenvalue weighted by Crippen LogP contribution is -2.45. The first kappa shape index (κ1) is 59.9. The normalized spacial score (nSPS) is 15.7. The third-order valence-electron chi connectivity index (χ3n) is 15.1. The molecule has 0 aliphatic carbocycles. The van der Waals surface area contributed by atoms with Gasteiger partial charge >= 0.3 is 0 Å². The van der Waals surface area contributed by atoms with Crippen molar-refractivity contribution >= 4 is 28.9 Å². The van der Waals surface area contributed by atoms with Crippen LogP contribution in [0.1, 0.15) is 92.9 Å². The Morgan fingerprint density at radius 3 is 1.48 bits per heavy atom. The number of ketones is 2. The smallest absolute Gasteiger partial charge is 0.270 e. The Balaban J connectivity index is 0.000000200. The van der Waals surface area contributed by atoms with Gasteiger partial charge in [0.05, 0.1) is 25.5 Å². The highest BCUT2D eigenvalue weighted by molar-refractivity contribution is 5.98. The second-order valence-electron chi connectivity index (χ2n) is 21.4. The lowest BCUT2D eigenvalue weighted by Gasteiger charge is -2.34. The van der Waals surface area contributed by atoms with E-state index in [1.165, 1.54) is 37.2 Å². The lowest BCUT2D eigenvalue weighted by molar-refractivity contribution is 0.0147. The van der Waals surface area contributed by atoms with Crippen molar-refractivity contribution in [3.8, 4) is 23.3 Å². The van der Waals surface area contributed by atoms with E-state index in [1.807, 2.05) is 19.9 Å². The van der Waals surface area contributed by atoms with Crippen LogP contribution in [0.5, 0.6) is 23.3 Å². The van der Waals surface area contributed by atoms with Crippen molar-refractivity contribution in [3.05, 3.63) is 166 Å². The molecule has 0 amide bonds. The van der Waals surface area contributed by atoms with E-state index in [0.717, 1.165) is 90.4 Å². The first-order valence-corrected chi connectivity index (χ1v) is 28.0. The minimum absolute atomic E-state index is 0.00602. The number of piperazine rings is 2. The van der Waals surface area contributed by atoms with E-state index in [-0.39, 0.29) is 47.5 Å². The fraction of sp³-hybridized carbons (Fsp3) is 0.403. The standard InChI is InChI=1S/C31H34F2N6O3.C31H37F2N5O3/c1-4-38-9-11-39(12-10-38)18-24-8-6-22(13-26(24)31(3,32)33)14-27(40)23-7-5-21(2)28(15-23)42-30-16-29(34-20-35-30)37-25-17-36-41-19-25;1-4-37-9-11-38(12-10-37)17-24-8-6-22(13-26(24)31(3,32)33)14-27(39)23-7-5-21(2)28(15-23)41-30-16-29(34-20-35-30)36-25-18-40-19-25/h5-8,13,15-17,19-20H,4,9-12,14,18H2,1-3H3,(H,34,35,37);5-8,13,15-16,20,25H,4,9-12,14,17-19H2,1-3H3,(H,34,35,36). The molecule has 6 heterocycles. The predicted molar refractivity (Wildman–Crippen MR) is 307 cm³/mol. The van der Waals surface area contributed by atoms with Crippen LogP contribution in [0.2, 0.25) is 0 Å². The molecule has 7 aromatic rings. The third-order valence-corrected chi connectivity index (χ3v) is 15.1. The minimum atomic E-state index is -3.02. The maximum absolute atomic E-state index is 14.7. The molecule has 0 saturated carbocycles. The predicted octanol–water partition coefficient (Wildman–Crippen LogP) is 11.0. The third kappa shape index (κ3) is 16.5. The average molecular weight is 1140 g/mol. The fourth-order valence-corrected chi connectivity index (χ4v) is 10.0. The summed E-state index contributed by atoms with van der Waals surface area (Å²) in [7, 11) is 0. The first-order valence-electron chi connectivity index (χ1n) is 28.0. The number of rotatable bonds is 22. The van der Waals surface area contributed by atoms with Crippen LogP contribution in [0.4, 0.5) is 34.9 Å². The number of ether oxygens (including phenoxy) is 3. The second-order valence-corrected chi connectivity index (χ2v) is 21.4. The van der Waals surface area contributed by atoms with Crippen molar-refractivity contribution in [1.82, 2.24) is 44.7 Å². The molecule has 21 heteroatoms. The number of nitrogens with zero attached hydrogens (tertiary/aromatic N) is 9. The molecule has 0 unspecified atom stereocenters. The highest BCUT2D eigenvalue weighted by atomic mass is 19.3. The van der Waals surface area contributed by atoms with Crippen molar-refractivity contribution in [2.45, 2.75) is 85.4 Å². The number of aromatic nitrogens is 5. The van der Waals surface area contributed by atoms with E-state index in [2.05, 4.69) is 69.2 Å². The maximum atomic E-state index is 14.7. The van der Waals surface area contributed by atoms with Gasteiger partial charge in [-0.1, -0.05) is 67.5 Å². The van der Waals surface area contributed by atoms with Gasteiger partial charge in [0.15, 0.2) is 11.6 Å². The zero-order valence-corrected chi connectivity index (χ0v) is 47.8. The van der Waals surface area contributed by atoms with Crippen LogP contribution in [0.25, 0.3) is 0 Å².